The summed E-state index contributed by atoms with van der Waals surface area (Å²) >= 11 is 6.23. The molecule has 2 aliphatic rings. The molecule has 3 N–H and O–H groups in total. The smallest absolute Gasteiger partial charge is 0.255 e. The summed E-state index contributed by atoms with van der Waals surface area (Å²) < 4.78 is 72.5. The third kappa shape index (κ3) is 5.93. The highest BCUT2D eigenvalue weighted by atomic mass is 35.5. The Morgan fingerprint density at radius 1 is 1.10 bits per heavy atom. The van der Waals surface area contributed by atoms with Crippen LogP contribution in [0.15, 0.2) is 35.2 Å². The van der Waals surface area contributed by atoms with Crippen LogP contribution in [0.5, 0.6) is 0 Å². The number of hydrogen-bond acceptors (Lipinski definition) is 6. The molecule has 8 nitrogen and oxygen atoms in total. The topological polar surface area (TPSA) is 122 Å². The number of aliphatic hydroxyl groups is 1. The molecule has 2 fully saturated rings. The second kappa shape index (κ2) is 11.4. The molecule has 2 amide bonds. The molecule has 2 saturated carbocycles. The Morgan fingerprint density at radius 3 is 2.31 bits per heavy atom. The number of carbonyl (C=O) groups is 2. The van der Waals surface area contributed by atoms with Crippen LogP contribution in [0.3, 0.4) is 0 Å². The molecule has 0 aliphatic heterocycles. The molecule has 2 aromatic carbocycles. The van der Waals surface area contributed by atoms with Gasteiger partial charge in [-0.3, -0.25) is 9.59 Å². The number of ether oxygens (including phenoxy) is 1. The zero-order valence-electron chi connectivity index (χ0n) is 21.0. The number of carbonyl (C=O) groups excluding carboxylic acids is 2. The molecule has 0 saturated heterocycles. The molecule has 2 unspecified atom stereocenters. The van der Waals surface area contributed by atoms with E-state index >= 15 is 0 Å². The van der Waals surface area contributed by atoms with E-state index in [0.29, 0.717) is 38.1 Å². The predicted octanol–water partition coefficient (Wildman–Crippen LogP) is 3.86. The van der Waals surface area contributed by atoms with Crippen molar-refractivity contribution in [2.75, 3.05) is 25.6 Å². The number of anilines is 1. The minimum Gasteiger partial charge on any atom is -0.389 e. The number of nitrogens with one attached hydrogen (secondary N) is 2. The van der Waals surface area contributed by atoms with Gasteiger partial charge in [0.25, 0.3) is 5.91 Å². The SMILES string of the molecule is COCCNC(=O)CC1(O)C2CCC1CC(S(=O)(=O)c1cc(C(=O)Nc3cc(F)c(F)c(F)c3)ccc1Cl)C2. The molecule has 212 valence electrons. The summed E-state index contributed by atoms with van der Waals surface area (Å²) in [4.78, 5) is 24.8. The van der Waals surface area contributed by atoms with E-state index in [1.54, 1.807) is 0 Å². The van der Waals surface area contributed by atoms with Crippen molar-refractivity contribution in [1.82, 2.24) is 5.32 Å². The molecule has 4 rings (SSSR count). The van der Waals surface area contributed by atoms with Crippen LogP contribution in [0, 0.1) is 29.3 Å². The Morgan fingerprint density at radius 2 is 1.72 bits per heavy atom. The highest BCUT2D eigenvalue weighted by Crippen LogP contribution is 2.53. The van der Waals surface area contributed by atoms with E-state index in [9.17, 15) is 36.3 Å². The molecule has 0 radical (unpaired) electrons. The molecular formula is C26H28ClF3N2O6S. The van der Waals surface area contributed by atoms with E-state index in [0.717, 1.165) is 6.07 Å². The summed E-state index contributed by atoms with van der Waals surface area (Å²) in [5.41, 5.74) is -1.83. The highest BCUT2D eigenvalue weighted by molar-refractivity contribution is 7.92. The maximum Gasteiger partial charge on any atom is 0.255 e. The van der Waals surface area contributed by atoms with Crippen molar-refractivity contribution in [3.8, 4) is 0 Å². The third-order valence-electron chi connectivity index (χ3n) is 7.62. The van der Waals surface area contributed by atoms with Crippen molar-refractivity contribution < 1.29 is 41.0 Å². The fraction of sp³-hybridized carbons (Fsp3) is 0.462. The number of sulfone groups is 1. The average molecular weight is 589 g/mol. The van der Waals surface area contributed by atoms with Gasteiger partial charge in [-0.15, -0.1) is 0 Å². The predicted molar refractivity (Wildman–Crippen MR) is 137 cm³/mol. The number of benzene rings is 2. The van der Waals surface area contributed by atoms with Crippen LogP contribution in [0.25, 0.3) is 0 Å². The van der Waals surface area contributed by atoms with Gasteiger partial charge in [0, 0.05) is 37.0 Å². The van der Waals surface area contributed by atoms with Crippen molar-refractivity contribution >= 4 is 38.9 Å². The van der Waals surface area contributed by atoms with Crippen LogP contribution in [0.2, 0.25) is 5.02 Å². The highest BCUT2D eigenvalue weighted by Gasteiger charge is 2.56. The Labute approximate surface area is 228 Å². The maximum absolute atomic E-state index is 13.7. The van der Waals surface area contributed by atoms with Crippen LogP contribution < -0.4 is 10.6 Å². The van der Waals surface area contributed by atoms with Gasteiger partial charge < -0.3 is 20.5 Å². The number of fused-ring (bicyclic) bond motifs is 2. The van der Waals surface area contributed by atoms with Gasteiger partial charge in [0.15, 0.2) is 27.3 Å². The zero-order chi connectivity index (χ0) is 28.5. The monoisotopic (exact) mass is 588 g/mol. The van der Waals surface area contributed by atoms with E-state index in [1.807, 2.05) is 0 Å². The minimum absolute atomic E-state index is 0.113. The molecule has 2 aliphatic carbocycles. The maximum atomic E-state index is 13.7. The first-order valence-corrected chi connectivity index (χ1v) is 14.3. The number of rotatable bonds is 9. The van der Waals surface area contributed by atoms with E-state index in [2.05, 4.69) is 10.6 Å². The molecule has 2 atom stereocenters. The third-order valence-corrected chi connectivity index (χ3v) is 10.3. The number of amides is 2. The molecule has 39 heavy (non-hydrogen) atoms. The fourth-order valence-corrected chi connectivity index (χ4v) is 8.04. The Hall–Kier alpha value is -2.67. The Kier molecular flexibility index (Phi) is 8.60. The summed E-state index contributed by atoms with van der Waals surface area (Å²) in [6.45, 7) is 0.623. The van der Waals surface area contributed by atoms with Crippen LogP contribution >= 0.6 is 11.6 Å². The van der Waals surface area contributed by atoms with Crippen molar-refractivity contribution in [1.29, 1.82) is 0 Å². The lowest BCUT2D eigenvalue weighted by Crippen LogP contribution is -2.50. The molecular weight excluding hydrogens is 561 g/mol. The van der Waals surface area contributed by atoms with Crippen molar-refractivity contribution in [2.45, 2.75) is 47.9 Å². The van der Waals surface area contributed by atoms with E-state index in [1.165, 1.54) is 19.2 Å². The Bertz CT molecular complexity index is 1350. The average Bonchev–Trinajstić information content (AvgIpc) is 3.03. The number of halogens is 4. The van der Waals surface area contributed by atoms with Crippen molar-refractivity contribution in [3.63, 3.8) is 0 Å². The summed E-state index contributed by atoms with van der Waals surface area (Å²) in [6.07, 6.45) is 1.22. The number of methoxy groups -OCH3 is 1. The fourth-order valence-electron chi connectivity index (χ4n) is 5.64. The summed E-state index contributed by atoms with van der Waals surface area (Å²) in [7, 11) is -2.57. The van der Waals surface area contributed by atoms with Crippen molar-refractivity contribution in [2.24, 2.45) is 11.8 Å². The van der Waals surface area contributed by atoms with Gasteiger partial charge in [0.1, 0.15) is 0 Å². The Balaban J connectivity index is 1.52. The van der Waals surface area contributed by atoms with Gasteiger partial charge in [0.2, 0.25) is 5.91 Å². The van der Waals surface area contributed by atoms with E-state index < -0.39 is 55.9 Å². The first-order chi connectivity index (χ1) is 18.4. The molecule has 0 heterocycles. The normalized spacial score (nSPS) is 24.4. The molecule has 2 bridgehead atoms. The largest absolute Gasteiger partial charge is 0.389 e. The van der Waals surface area contributed by atoms with Gasteiger partial charge in [-0.05, 0) is 55.7 Å². The molecule has 0 aromatic heterocycles. The van der Waals surface area contributed by atoms with Gasteiger partial charge >= 0.3 is 0 Å². The quantitative estimate of drug-likeness (QED) is 0.302. The van der Waals surface area contributed by atoms with Crippen molar-refractivity contribution in [3.05, 3.63) is 58.4 Å². The second-order valence-electron chi connectivity index (χ2n) is 9.97. The van der Waals surface area contributed by atoms with Gasteiger partial charge in [-0.2, -0.15) is 0 Å². The van der Waals surface area contributed by atoms with Crippen LogP contribution in [0.4, 0.5) is 18.9 Å². The van der Waals surface area contributed by atoms with Gasteiger partial charge in [-0.1, -0.05) is 11.6 Å². The number of hydrogen-bond donors (Lipinski definition) is 3. The molecule has 2 aromatic rings. The summed E-state index contributed by atoms with van der Waals surface area (Å²) in [5.74, 6) is -6.74. The van der Waals surface area contributed by atoms with E-state index in [4.69, 9.17) is 16.3 Å². The minimum atomic E-state index is -4.07. The van der Waals surface area contributed by atoms with Crippen LogP contribution in [0.1, 0.15) is 42.5 Å². The lowest BCUT2D eigenvalue weighted by Gasteiger charge is -2.42. The summed E-state index contributed by atoms with van der Waals surface area (Å²) in [5, 5.41) is 15.3. The standard InChI is InChI=1S/C26H28ClF3N2O6S/c1-38-7-6-31-23(33)13-26(35)15-3-4-16(26)10-18(9-15)39(36,37)22-8-14(2-5-19(22)27)25(34)32-17-11-20(28)24(30)21(29)12-17/h2,5,8,11-12,15-16,18,35H,3-4,6-7,9-10,13H2,1H3,(H,31,33)(H,32,34). The molecule has 0 spiro atoms. The van der Waals surface area contributed by atoms with Crippen LogP contribution in [-0.2, 0) is 19.4 Å². The molecule has 13 heteroatoms. The van der Waals surface area contributed by atoms with E-state index in [-0.39, 0.29) is 46.3 Å². The lowest BCUT2D eigenvalue weighted by atomic mass is 9.72. The van der Waals surface area contributed by atoms with Gasteiger partial charge in [0.05, 0.1) is 33.8 Å². The summed E-state index contributed by atoms with van der Waals surface area (Å²) in [6, 6.07) is 4.75. The van der Waals surface area contributed by atoms with Gasteiger partial charge in [-0.25, -0.2) is 21.6 Å². The first kappa shape index (κ1) is 29.3. The zero-order valence-corrected chi connectivity index (χ0v) is 22.5. The lowest BCUT2D eigenvalue weighted by molar-refractivity contribution is -0.132. The van der Waals surface area contributed by atoms with Crippen LogP contribution in [-0.4, -0.2) is 56.5 Å². The second-order valence-corrected chi connectivity index (χ2v) is 12.6. The first-order valence-electron chi connectivity index (χ1n) is 12.3.